The van der Waals surface area contributed by atoms with Crippen molar-refractivity contribution >= 4 is 14.4 Å². The lowest BCUT2D eigenvalue weighted by molar-refractivity contribution is -0.0519. The Bertz CT molecular complexity index is 861. The van der Waals surface area contributed by atoms with Gasteiger partial charge in [0, 0.05) is 31.3 Å². The Labute approximate surface area is 206 Å². The molecule has 3 atom stereocenters. The maximum absolute atomic E-state index is 12.7. The number of methoxy groups -OCH3 is 2. The Balaban J connectivity index is 1.98. The van der Waals surface area contributed by atoms with E-state index in [1.807, 2.05) is 18.2 Å². The Morgan fingerprint density at radius 3 is 2.29 bits per heavy atom. The van der Waals surface area contributed by atoms with Gasteiger partial charge in [-0.25, -0.2) is 4.79 Å². The van der Waals surface area contributed by atoms with E-state index in [-0.39, 0.29) is 17.6 Å². The average Bonchev–Trinajstić information content (AvgIpc) is 3.02. The highest BCUT2D eigenvalue weighted by atomic mass is 28.4. The summed E-state index contributed by atoms with van der Waals surface area (Å²) >= 11 is 0. The first-order chi connectivity index (χ1) is 16.0. The summed E-state index contributed by atoms with van der Waals surface area (Å²) < 4.78 is 18.0. The monoisotopic (exact) mass is 492 g/mol. The quantitative estimate of drug-likeness (QED) is 0.463. The summed E-state index contributed by atoms with van der Waals surface area (Å²) in [5.41, 5.74) is 0.327. The van der Waals surface area contributed by atoms with Gasteiger partial charge in [0.05, 0.1) is 31.9 Å². The largest absolute Gasteiger partial charge is 0.497 e. The molecule has 1 aromatic carbocycles. The van der Waals surface area contributed by atoms with E-state index in [4.69, 9.17) is 13.9 Å². The summed E-state index contributed by atoms with van der Waals surface area (Å²) in [6.07, 6.45) is -0.146. The highest BCUT2D eigenvalue weighted by Crippen LogP contribution is 2.51. The molecule has 1 N–H and O–H groups in total. The van der Waals surface area contributed by atoms with Crippen LogP contribution in [-0.4, -0.2) is 74.3 Å². The van der Waals surface area contributed by atoms with Gasteiger partial charge in [0.1, 0.15) is 11.5 Å². The number of amides is 1. The molecule has 0 spiro atoms. The van der Waals surface area contributed by atoms with E-state index in [0.29, 0.717) is 19.6 Å². The van der Waals surface area contributed by atoms with Crippen molar-refractivity contribution in [3.63, 3.8) is 0 Å². The van der Waals surface area contributed by atoms with Crippen LogP contribution < -0.4 is 9.47 Å². The first-order valence-electron chi connectivity index (χ1n) is 12.6. The minimum atomic E-state index is -1.89. The van der Waals surface area contributed by atoms with Gasteiger partial charge in [-0.15, -0.1) is 0 Å². The minimum Gasteiger partial charge on any atom is -0.497 e. The normalized spacial score (nSPS) is 25.5. The number of rotatable bonds is 9. The topological polar surface area (TPSA) is 71.5 Å². The van der Waals surface area contributed by atoms with Gasteiger partial charge in [-0.05, 0) is 36.0 Å². The number of likely N-dealkylation sites (tertiary alicyclic amines) is 1. The minimum absolute atomic E-state index is 0.0652. The zero-order valence-corrected chi connectivity index (χ0v) is 23.3. The van der Waals surface area contributed by atoms with E-state index in [2.05, 4.69) is 46.4 Å². The fraction of sp³-hybridized carbons (Fsp3) is 0.731. The molecule has 2 bridgehead atoms. The molecule has 34 heavy (non-hydrogen) atoms. The third-order valence-electron chi connectivity index (χ3n) is 8.52. The standard InChI is InChI=1S/C26H44N2O5Si/c1-9-34(10-2,11-3)33-23-15-26(25(4,5)6)18-27(17-21(23)28(26)24(29)30)16-19-12-13-20(31-7)14-22(19)32-8/h12-14,21,23H,9-11,15-18H2,1-8H3,(H,29,30). The molecule has 7 nitrogen and oxygen atoms in total. The van der Waals surface area contributed by atoms with E-state index in [1.54, 1.807) is 19.1 Å². The van der Waals surface area contributed by atoms with Crippen LogP contribution in [0.5, 0.6) is 11.5 Å². The molecule has 8 heteroatoms. The molecule has 2 heterocycles. The summed E-state index contributed by atoms with van der Waals surface area (Å²) in [4.78, 5) is 16.8. The van der Waals surface area contributed by atoms with Crippen LogP contribution in [0.15, 0.2) is 18.2 Å². The van der Waals surface area contributed by atoms with Crippen molar-refractivity contribution in [1.29, 1.82) is 0 Å². The van der Waals surface area contributed by atoms with E-state index in [0.717, 1.165) is 41.6 Å². The van der Waals surface area contributed by atoms with E-state index in [9.17, 15) is 9.90 Å². The SMILES string of the molecule is CC[Si](CC)(CC)OC1CC2(C(C)(C)C)CN(Cc3ccc(OC)cc3OC)CC1N2C(=O)O. The van der Waals surface area contributed by atoms with Crippen LogP contribution in [0.25, 0.3) is 0 Å². The molecular weight excluding hydrogens is 448 g/mol. The second kappa shape index (κ2) is 10.1. The van der Waals surface area contributed by atoms with Crippen molar-refractivity contribution in [2.24, 2.45) is 5.41 Å². The fourth-order valence-electron chi connectivity index (χ4n) is 6.10. The van der Waals surface area contributed by atoms with Crippen LogP contribution in [0.1, 0.15) is 53.5 Å². The zero-order valence-electron chi connectivity index (χ0n) is 22.3. The third-order valence-corrected chi connectivity index (χ3v) is 13.2. The lowest BCUT2D eigenvalue weighted by Gasteiger charge is -2.54. The van der Waals surface area contributed by atoms with Gasteiger partial charge in [-0.1, -0.05) is 47.6 Å². The molecule has 3 unspecified atom stereocenters. The molecule has 1 amide bonds. The summed E-state index contributed by atoms with van der Waals surface area (Å²) in [5, 5.41) is 10.4. The molecule has 2 aliphatic rings. The molecule has 2 saturated heterocycles. The second-order valence-electron chi connectivity index (χ2n) is 11.0. The lowest BCUT2D eigenvalue weighted by atomic mass is 9.71. The molecule has 0 aromatic heterocycles. The number of hydrogen-bond donors (Lipinski definition) is 1. The van der Waals surface area contributed by atoms with Crippen LogP contribution >= 0.6 is 0 Å². The second-order valence-corrected chi connectivity index (χ2v) is 15.7. The Kier molecular flexibility index (Phi) is 7.95. The predicted molar refractivity (Wildman–Crippen MR) is 137 cm³/mol. The summed E-state index contributed by atoms with van der Waals surface area (Å²) in [5.74, 6) is 1.55. The number of ether oxygens (including phenoxy) is 2. The van der Waals surface area contributed by atoms with E-state index in [1.165, 1.54) is 0 Å². The van der Waals surface area contributed by atoms with Gasteiger partial charge >= 0.3 is 6.09 Å². The maximum atomic E-state index is 12.7. The molecule has 2 aliphatic heterocycles. The van der Waals surface area contributed by atoms with Crippen LogP contribution in [0.2, 0.25) is 18.1 Å². The predicted octanol–water partition coefficient (Wildman–Crippen LogP) is 5.45. The van der Waals surface area contributed by atoms with Crippen molar-refractivity contribution in [3.8, 4) is 11.5 Å². The van der Waals surface area contributed by atoms with Gasteiger partial charge in [-0.3, -0.25) is 9.80 Å². The number of carboxylic acid groups (broad SMARTS) is 1. The van der Waals surface area contributed by atoms with Crippen molar-refractivity contribution in [1.82, 2.24) is 9.80 Å². The van der Waals surface area contributed by atoms with E-state index < -0.39 is 19.9 Å². The van der Waals surface area contributed by atoms with Crippen LogP contribution in [-0.2, 0) is 11.0 Å². The summed E-state index contributed by atoms with van der Waals surface area (Å²) in [6.45, 7) is 15.2. The molecule has 3 rings (SSSR count). The van der Waals surface area contributed by atoms with Crippen molar-refractivity contribution in [3.05, 3.63) is 23.8 Å². The molecule has 0 radical (unpaired) electrons. The molecular formula is C26H44N2O5Si. The van der Waals surface area contributed by atoms with Crippen molar-refractivity contribution in [2.45, 2.75) is 90.3 Å². The fourth-order valence-corrected chi connectivity index (χ4v) is 8.99. The summed E-state index contributed by atoms with van der Waals surface area (Å²) in [6, 6.07) is 8.92. The molecule has 2 fully saturated rings. The summed E-state index contributed by atoms with van der Waals surface area (Å²) in [7, 11) is 1.43. The first-order valence-corrected chi connectivity index (χ1v) is 15.2. The van der Waals surface area contributed by atoms with Crippen LogP contribution in [0, 0.1) is 5.41 Å². The number of fused-ring (bicyclic) bond motifs is 2. The number of hydrogen-bond acceptors (Lipinski definition) is 5. The number of piperazine rings is 1. The number of carbonyl (C=O) groups is 1. The Morgan fingerprint density at radius 1 is 1.15 bits per heavy atom. The molecule has 0 saturated carbocycles. The van der Waals surface area contributed by atoms with E-state index >= 15 is 0 Å². The van der Waals surface area contributed by atoms with Gasteiger partial charge in [0.25, 0.3) is 0 Å². The van der Waals surface area contributed by atoms with Gasteiger partial charge in [0.15, 0.2) is 8.32 Å². The average molecular weight is 493 g/mol. The highest BCUT2D eigenvalue weighted by molar-refractivity contribution is 6.73. The van der Waals surface area contributed by atoms with Gasteiger partial charge < -0.3 is 19.0 Å². The lowest BCUT2D eigenvalue weighted by Crippen LogP contribution is -2.68. The number of benzene rings is 1. The van der Waals surface area contributed by atoms with Crippen molar-refractivity contribution < 1.29 is 23.8 Å². The Morgan fingerprint density at radius 2 is 1.79 bits per heavy atom. The molecule has 192 valence electrons. The Hall–Kier alpha value is -1.77. The first kappa shape index (κ1) is 26.8. The number of nitrogens with zero attached hydrogens (tertiary/aromatic N) is 2. The highest BCUT2D eigenvalue weighted by Gasteiger charge is 2.63. The van der Waals surface area contributed by atoms with Crippen LogP contribution in [0.4, 0.5) is 4.79 Å². The molecule has 0 aliphatic carbocycles. The zero-order chi connectivity index (χ0) is 25.3. The smallest absolute Gasteiger partial charge is 0.408 e. The maximum Gasteiger partial charge on any atom is 0.408 e. The third kappa shape index (κ3) is 4.69. The molecule has 1 aromatic rings. The van der Waals surface area contributed by atoms with Crippen LogP contribution in [0.3, 0.4) is 0 Å². The van der Waals surface area contributed by atoms with Gasteiger partial charge in [0.2, 0.25) is 0 Å². The van der Waals surface area contributed by atoms with Gasteiger partial charge in [-0.2, -0.15) is 0 Å². The van der Waals surface area contributed by atoms with Crippen molar-refractivity contribution in [2.75, 3.05) is 27.3 Å².